The molecule has 1 amide bonds. The molecule has 4 aromatic rings. The number of aromatic nitrogens is 2. The number of rotatable bonds is 7. The zero-order valence-corrected chi connectivity index (χ0v) is 18.0. The van der Waals surface area contributed by atoms with Crippen molar-refractivity contribution in [2.45, 2.75) is 6.92 Å². The Kier molecular flexibility index (Phi) is 6.23. The van der Waals surface area contributed by atoms with Crippen LogP contribution in [0.25, 0.3) is 16.9 Å². The Morgan fingerprint density at radius 2 is 1.59 bits per heavy atom. The Hall–Kier alpha value is -4.04. The molecule has 2 aromatic heterocycles. The molecule has 0 saturated carbocycles. The molecular weight excluding hydrogens is 426 g/mol. The number of hydrogen-bond donors (Lipinski definition) is 1. The van der Waals surface area contributed by atoms with Crippen LogP contribution in [0.4, 0.5) is 5.82 Å². The average molecular weight is 446 g/mol. The lowest BCUT2D eigenvalue weighted by molar-refractivity contribution is -0.119. The predicted octanol–water partition coefficient (Wildman–Crippen LogP) is 4.60. The number of nitrogens with zero attached hydrogens (tertiary/aromatic N) is 2. The van der Waals surface area contributed by atoms with E-state index in [1.807, 2.05) is 60.7 Å². The fourth-order valence-electron chi connectivity index (χ4n) is 3.00. The van der Waals surface area contributed by atoms with Gasteiger partial charge in [-0.3, -0.25) is 9.59 Å². The van der Waals surface area contributed by atoms with Gasteiger partial charge in [0.15, 0.2) is 12.4 Å². The van der Waals surface area contributed by atoms with E-state index in [1.54, 1.807) is 16.8 Å². The van der Waals surface area contributed by atoms with Crippen LogP contribution in [0.1, 0.15) is 26.3 Å². The highest BCUT2D eigenvalue weighted by molar-refractivity contribution is 7.15. The molecule has 1 N–H and O–H groups in total. The zero-order valence-electron chi connectivity index (χ0n) is 17.1. The van der Waals surface area contributed by atoms with Crippen LogP contribution in [0.5, 0.6) is 0 Å². The maximum atomic E-state index is 12.5. The van der Waals surface area contributed by atoms with Crippen molar-refractivity contribution in [3.63, 3.8) is 0 Å². The quantitative estimate of drug-likeness (QED) is 0.332. The van der Waals surface area contributed by atoms with Gasteiger partial charge in [0, 0.05) is 11.6 Å². The van der Waals surface area contributed by atoms with E-state index < -0.39 is 18.5 Å². The van der Waals surface area contributed by atoms with Gasteiger partial charge in [0.2, 0.25) is 0 Å². The third kappa shape index (κ3) is 4.81. The summed E-state index contributed by atoms with van der Waals surface area (Å²) in [7, 11) is 0. The van der Waals surface area contributed by atoms with Gasteiger partial charge >= 0.3 is 5.97 Å². The van der Waals surface area contributed by atoms with Gasteiger partial charge in [-0.05, 0) is 31.2 Å². The highest BCUT2D eigenvalue weighted by Gasteiger charge is 2.17. The molecular formula is C24H19N3O4S. The molecule has 0 atom stereocenters. The van der Waals surface area contributed by atoms with Crippen molar-refractivity contribution >= 4 is 34.8 Å². The Morgan fingerprint density at radius 3 is 2.25 bits per heavy atom. The summed E-state index contributed by atoms with van der Waals surface area (Å²) in [6.07, 6.45) is 0. The molecule has 0 fully saturated rings. The molecule has 7 nitrogen and oxygen atoms in total. The maximum Gasteiger partial charge on any atom is 0.348 e. The van der Waals surface area contributed by atoms with E-state index in [0.29, 0.717) is 16.4 Å². The van der Waals surface area contributed by atoms with Crippen LogP contribution in [0.2, 0.25) is 0 Å². The Morgan fingerprint density at radius 1 is 0.938 bits per heavy atom. The molecule has 0 aliphatic heterocycles. The van der Waals surface area contributed by atoms with E-state index >= 15 is 0 Å². The number of ether oxygens (including phenoxy) is 1. The smallest absolute Gasteiger partial charge is 0.348 e. The van der Waals surface area contributed by atoms with E-state index in [-0.39, 0.29) is 10.7 Å². The Labute approximate surface area is 188 Å². The number of Topliss-reactive ketones (excluding diaryl/α,β-unsaturated/α-hetero) is 1. The van der Waals surface area contributed by atoms with Gasteiger partial charge in [-0.15, -0.1) is 11.3 Å². The van der Waals surface area contributed by atoms with Crippen LogP contribution in [-0.4, -0.2) is 34.0 Å². The van der Waals surface area contributed by atoms with E-state index in [1.165, 1.54) is 13.0 Å². The average Bonchev–Trinajstić information content (AvgIpc) is 3.47. The van der Waals surface area contributed by atoms with Crippen LogP contribution >= 0.6 is 11.3 Å². The van der Waals surface area contributed by atoms with Crippen molar-refractivity contribution in [2.24, 2.45) is 0 Å². The number of ketones is 1. The molecule has 4 rings (SSSR count). The van der Waals surface area contributed by atoms with E-state index in [0.717, 1.165) is 22.6 Å². The highest BCUT2D eigenvalue weighted by Crippen LogP contribution is 2.25. The molecule has 0 aliphatic rings. The summed E-state index contributed by atoms with van der Waals surface area (Å²) in [6, 6.07) is 23.8. The first-order valence-corrected chi connectivity index (χ1v) is 10.6. The summed E-state index contributed by atoms with van der Waals surface area (Å²) >= 11 is 1.04. The lowest BCUT2D eigenvalue weighted by atomic mass is 10.2. The van der Waals surface area contributed by atoms with E-state index in [9.17, 15) is 14.4 Å². The van der Waals surface area contributed by atoms with Gasteiger partial charge in [-0.2, -0.15) is 5.10 Å². The van der Waals surface area contributed by atoms with Crippen LogP contribution in [0, 0.1) is 0 Å². The molecule has 2 aromatic carbocycles. The second kappa shape index (κ2) is 9.40. The van der Waals surface area contributed by atoms with E-state index in [4.69, 9.17) is 4.74 Å². The molecule has 8 heteroatoms. The second-order valence-electron chi connectivity index (χ2n) is 6.87. The Balaban J connectivity index is 1.50. The third-order valence-corrected chi connectivity index (χ3v) is 5.70. The van der Waals surface area contributed by atoms with Crippen molar-refractivity contribution in [2.75, 3.05) is 11.9 Å². The standard InChI is InChI=1S/C24H19N3O4S/c1-16(28)20-12-13-21(32-20)24(30)31-15-23(29)25-22-14-19(17-8-4-2-5-9-17)26-27(22)18-10-6-3-7-11-18/h2-14H,15H2,1H3,(H,25,29). The van der Waals surface area contributed by atoms with Crippen LogP contribution < -0.4 is 5.32 Å². The lowest BCUT2D eigenvalue weighted by Crippen LogP contribution is -2.22. The third-order valence-electron chi connectivity index (χ3n) is 4.54. The predicted molar refractivity (Wildman–Crippen MR) is 122 cm³/mol. The molecule has 0 unspecified atom stereocenters. The first-order chi connectivity index (χ1) is 15.5. The SMILES string of the molecule is CC(=O)c1ccc(C(=O)OCC(=O)Nc2cc(-c3ccccc3)nn2-c2ccccc2)s1. The first-order valence-electron chi connectivity index (χ1n) is 9.80. The van der Waals surface area contributed by atoms with Crippen molar-refractivity contribution < 1.29 is 19.1 Å². The summed E-state index contributed by atoms with van der Waals surface area (Å²) in [4.78, 5) is 36.8. The van der Waals surface area contributed by atoms with Gasteiger partial charge in [0.25, 0.3) is 5.91 Å². The topological polar surface area (TPSA) is 90.3 Å². The normalized spacial score (nSPS) is 10.5. The fraction of sp³-hybridized carbons (Fsp3) is 0.0833. The van der Waals surface area contributed by atoms with Crippen LogP contribution in [0.15, 0.2) is 78.9 Å². The van der Waals surface area contributed by atoms with Gasteiger partial charge < -0.3 is 10.1 Å². The fourth-order valence-corrected chi connectivity index (χ4v) is 3.80. The monoisotopic (exact) mass is 445 g/mol. The number of benzene rings is 2. The largest absolute Gasteiger partial charge is 0.451 e. The number of carbonyl (C=O) groups excluding carboxylic acids is 3. The summed E-state index contributed by atoms with van der Waals surface area (Å²) in [5.74, 6) is -0.834. The highest BCUT2D eigenvalue weighted by atomic mass is 32.1. The summed E-state index contributed by atoms with van der Waals surface area (Å²) in [5, 5.41) is 7.39. The molecule has 2 heterocycles. The minimum absolute atomic E-state index is 0.129. The first kappa shape index (κ1) is 21.2. The lowest BCUT2D eigenvalue weighted by Gasteiger charge is -2.09. The molecule has 0 spiro atoms. The van der Waals surface area contributed by atoms with Crippen LogP contribution in [-0.2, 0) is 9.53 Å². The molecule has 160 valence electrons. The van der Waals surface area contributed by atoms with Crippen LogP contribution in [0.3, 0.4) is 0 Å². The van der Waals surface area contributed by atoms with Gasteiger partial charge in [-0.25, -0.2) is 9.48 Å². The van der Waals surface area contributed by atoms with Gasteiger partial charge in [0.1, 0.15) is 10.7 Å². The number of amides is 1. The van der Waals surface area contributed by atoms with E-state index in [2.05, 4.69) is 10.4 Å². The van der Waals surface area contributed by atoms with Gasteiger partial charge in [-0.1, -0.05) is 48.5 Å². The minimum atomic E-state index is -0.654. The summed E-state index contributed by atoms with van der Waals surface area (Å²) in [5.41, 5.74) is 2.37. The number of esters is 1. The van der Waals surface area contributed by atoms with Crippen molar-refractivity contribution in [1.29, 1.82) is 0 Å². The molecule has 0 bridgehead atoms. The molecule has 0 aliphatic carbocycles. The number of carbonyl (C=O) groups is 3. The zero-order chi connectivity index (χ0) is 22.5. The second-order valence-corrected chi connectivity index (χ2v) is 7.96. The molecule has 0 saturated heterocycles. The Bertz CT molecular complexity index is 1260. The number of anilines is 1. The number of thiophene rings is 1. The van der Waals surface area contributed by atoms with Crippen molar-refractivity contribution in [1.82, 2.24) is 9.78 Å². The molecule has 0 radical (unpaired) electrons. The minimum Gasteiger partial charge on any atom is -0.451 e. The molecule has 32 heavy (non-hydrogen) atoms. The van der Waals surface area contributed by atoms with Crippen molar-refractivity contribution in [3.8, 4) is 16.9 Å². The van der Waals surface area contributed by atoms with Gasteiger partial charge in [0.05, 0.1) is 16.3 Å². The maximum absolute atomic E-state index is 12.5. The summed E-state index contributed by atoms with van der Waals surface area (Å²) in [6.45, 7) is 0.959. The summed E-state index contributed by atoms with van der Waals surface area (Å²) < 4.78 is 6.74. The number of para-hydroxylation sites is 1. The number of hydrogen-bond acceptors (Lipinski definition) is 6. The van der Waals surface area contributed by atoms with Crippen molar-refractivity contribution in [3.05, 3.63) is 88.6 Å². The number of nitrogens with one attached hydrogen (secondary N) is 1.